The van der Waals surface area contributed by atoms with Crippen molar-refractivity contribution in [1.29, 1.82) is 0 Å². The fraction of sp³-hybridized carbons (Fsp3) is 0.500. The Hall–Kier alpha value is -2.02. The summed E-state index contributed by atoms with van der Waals surface area (Å²) >= 11 is 1.69. The van der Waals surface area contributed by atoms with Crippen LogP contribution in [0.2, 0.25) is 0 Å². The maximum Gasteiger partial charge on any atom is 0.262 e. The summed E-state index contributed by atoms with van der Waals surface area (Å²) in [4.78, 5) is 24.0. The van der Waals surface area contributed by atoms with Crippen molar-refractivity contribution in [3.8, 4) is 0 Å². The summed E-state index contributed by atoms with van der Waals surface area (Å²) < 4.78 is 1.62. The monoisotopic (exact) mass is 329 g/mol. The topological polar surface area (TPSA) is 76.5 Å². The number of hydrogen-bond donors (Lipinski definition) is 1. The summed E-state index contributed by atoms with van der Waals surface area (Å²) in [5.41, 5.74) is 1.28. The summed E-state index contributed by atoms with van der Waals surface area (Å²) in [6.45, 7) is 2.21. The molecule has 0 fully saturated rings. The molecule has 0 unspecified atom stereocenters. The Morgan fingerprint density at radius 1 is 1.26 bits per heavy atom. The van der Waals surface area contributed by atoms with Crippen LogP contribution in [0.3, 0.4) is 0 Å². The lowest BCUT2D eigenvalue weighted by atomic mass is 9.98. The van der Waals surface area contributed by atoms with Crippen LogP contribution in [0.5, 0.6) is 0 Å². The van der Waals surface area contributed by atoms with Crippen molar-refractivity contribution in [2.24, 2.45) is 0 Å². The number of fused-ring (bicyclic) bond motifs is 3. The van der Waals surface area contributed by atoms with Crippen LogP contribution in [0.4, 0.5) is 0 Å². The highest BCUT2D eigenvalue weighted by Gasteiger charge is 2.18. The molecule has 3 aromatic rings. The second-order valence-electron chi connectivity index (χ2n) is 6.11. The Morgan fingerprint density at radius 2 is 2.09 bits per heavy atom. The van der Waals surface area contributed by atoms with Crippen molar-refractivity contribution in [2.45, 2.75) is 52.0 Å². The molecule has 3 aromatic heterocycles. The van der Waals surface area contributed by atoms with E-state index in [1.807, 2.05) is 6.92 Å². The predicted molar refractivity (Wildman–Crippen MR) is 90.0 cm³/mol. The van der Waals surface area contributed by atoms with E-state index in [9.17, 15) is 4.79 Å². The number of H-pyrrole nitrogens is 1. The van der Waals surface area contributed by atoms with Gasteiger partial charge in [0.1, 0.15) is 10.7 Å². The van der Waals surface area contributed by atoms with Crippen LogP contribution in [0.15, 0.2) is 11.1 Å². The van der Waals surface area contributed by atoms with Crippen LogP contribution in [-0.2, 0) is 19.4 Å². The van der Waals surface area contributed by atoms with Gasteiger partial charge in [-0.15, -0.1) is 11.3 Å². The number of aromatic amines is 1. The Kier molecular flexibility index (Phi) is 3.72. The van der Waals surface area contributed by atoms with E-state index < -0.39 is 0 Å². The van der Waals surface area contributed by atoms with E-state index in [1.165, 1.54) is 29.7 Å². The molecule has 0 atom stereocenters. The second kappa shape index (κ2) is 5.88. The molecule has 7 heteroatoms. The quantitative estimate of drug-likeness (QED) is 0.784. The second-order valence-corrected chi connectivity index (χ2v) is 7.20. The van der Waals surface area contributed by atoms with Crippen molar-refractivity contribution >= 4 is 21.6 Å². The summed E-state index contributed by atoms with van der Waals surface area (Å²) in [5, 5.41) is 7.75. The van der Waals surface area contributed by atoms with E-state index in [0.29, 0.717) is 12.4 Å². The Bertz CT molecular complexity index is 907. The number of aromatic nitrogens is 5. The van der Waals surface area contributed by atoms with Gasteiger partial charge < -0.3 is 0 Å². The zero-order valence-electron chi connectivity index (χ0n) is 13.1. The summed E-state index contributed by atoms with van der Waals surface area (Å²) in [6, 6.07) is 0. The van der Waals surface area contributed by atoms with E-state index in [-0.39, 0.29) is 5.56 Å². The molecule has 6 nitrogen and oxygen atoms in total. The van der Waals surface area contributed by atoms with E-state index in [1.54, 1.807) is 22.2 Å². The number of thiophene rings is 1. The van der Waals surface area contributed by atoms with Gasteiger partial charge in [0, 0.05) is 4.88 Å². The van der Waals surface area contributed by atoms with Gasteiger partial charge in [-0.25, -0.2) is 9.97 Å². The van der Waals surface area contributed by atoms with Crippen LogP contribution in [0, 0.1) is 6.92 Å². The molecule has 0 aliphatic heterocycles. The third kappa shape index (κ3) is 2.69. The van der Waals surface area contributed by atoms with Gasteiger partial charge in [0.25, 0.3) is 5.56 Å². The summed E-state index contributed by atoms with van der Waals surface area (Å²) in [6.07, 6.45) is 8.61. The van der Waals surface area contributed by atoms with Gasteiger partial charge >= 0.3 is 0 Å². The number of nitrogens with zero attached hydrogens (tertiary/aromatic N) is 4. The first-order valence-electron chi connectivity index (χ1n) is 8.10. The highest BCUT2D eigenvalue weighted by molar-refractivity contribution is 7.18. The summed E-state index contributed by atoms with van der Waals surface area (Å²) in [5.74, 6) is 1.37. The number of nitrogens with one attached hydrogen (secondary N) is 1. The molecule has 1 aliphatic carbocycles. The van der Waals surface area contributed by atoms with E-state index in [2.05, 4.69) is 20.2 Å². The first-order valence-corrected chi connectivity index (χ1v) is 8.91. The average Bonchev–Trinajstić information content (AvgIpc) is 3.06. The molecular weight excluding hydrogens is 310 g/mol. The van der Waals surface area contributed by atoms with Crippen molar-refractivity contribution in [3.63, 3.8) is 0 Å². The highest BCUT2D eigenvalue weighted by Crippen LogP contribution is 2.32. The van der Waals surface area contributed by atoms with E-state index in [4.69, 9.17) is 0 Å². The Morgan fingerprint density at radius 3 is 2.87 bits per heavy atom. The summed E-state index contributed by atoms with van der Waals surface area (Å²) in [7, 11) is 0. The molecule has 1 aliphatic rings. The lowest BCUT2D eigenvalue weighted by Gasteiger charge is -2.09. The van der Waals surface area contributed by atoms with Gasteiger partial charge in [-0.1, -0.05) is 12.8 Å². The number of rotatable bonds is 2. The van der Waals surface area contributed by atoms with Crippen molar-refractivity contribution in [2.75, 3.05) is 0 Å². The van der Waals surface area contributed by atoms with Crippen LogP contribution in [0.25, 0.3) is 10.2 Å². The van der Waals surface area contributed by atoms with Crippen molar-refractivity contribution < 1.29 is 0 Å². The molecule has 0 saturated heterocycles. The fourth-order valence-electron chi connectivity index (χ4n) is 3.26. The van der Waals surface area contributed by atoms with Crippen LogP contribution >= 0.6 is 11.3 Å². The van der Waals surface area contributed by atoms with Gasteiger partial charge in [0.2, 0.25) is 0 Å². The van der Waals surface area contributed by atoms with Crippen LogP contribution in [0.1, 0.15) is 47.8 Å². The first-order chi connectivity index (χ1) is 11.2. The van der Waals surface area contributed by atoms with E-state index >= 15 is 0 Å². The molecule has 3 heterocycles. The van der Waals surface area contributed by atoms with Crippen molar-refractivity contribution in [1.82, 2.24) is 24.7 Å². The Labute approximate surface area is 137 Å². The van der Waals surface area contributed by atoms with Crippen molar-refractivity contribution in [3.05, 3.63) is 38.8 Å². The minimum atomic E-state index is 0.0375. The smallest absolute Gasteiger partial charge is 0.262 e. The molecule has 0 bridgehead atoms. The molecule has 0 aromatic carbocycles. The molecule has 4 rings (SSSR count). The van der Waals surface area contributed by atoms with Crippen LogP contribution < -0.4 is 5.56 Å². The maximum atomic E-state index is 12.9. The average molecular weight is 329 g/mol. The van der Waals surface area contributed by atoms with Crippen LogP contribution in [-0.4, -0.2) is 24.7 Å². The maximum absolute atomic E-state index is 12.9. The lowest BCUT2D eigenvalue weighted by molar-refractivity contribution is 0.623. The van der Waals surface area contributed by atoms with Gasteiger partial charge in [0.05, 0.1) is 18.3 Å². The van der Waals surface area contributed by atoms with Gasteiger partial charge in [-0.2, -0.15) is 5.10 Å². The largest absolute Gasteiger partial charge is 0.291 e. The highest BCUT2D eigenvalue weighted by atomic mass is 32.1. The normalized spacial score (nSPS) is 15.3. The molecule has 0 amide bonds. The molecule has 0 saturated carbocycles. The van der Waals surface area contributed by atoms with Gasteiger partial charge in [-0.3, -0.25) is 14.5 Å². The molecule has 23 heavy (non-hydrogen) atoms. The zero-order chi connectivity index (χ0) is 15.8. The third-order valence-electron chi connectivity index (χ3n) is 4.40. The molecule has 120 valence electrons. The first kappa shape index (κ1) is 14.6. The predicted octanol–water partition coefficient (Wildman–Crippen LogP) is 2.59. The minimum absolute atomic E-state index is 0.0375. The SMILES string of the molecule is Cc1nc(Cn2cnc3sc4c(c3c2=O)CCCCCC4)n[nH]1. The zero-order valence-corrected chi connectivity index (χ0v) is 13.9. The fourth-order valence-corrected chi connectivity index (χ4v) is 4.48. The molecular formula is C16H19N5OS. The standard InChI is InChI=1S/C16H19N5OS/c1-10-18-13(20-19-10)8-21-9-17-15-14(16(21)22)11-6-4-2-3-5-7-12(11)23-15/h9H,2-8H2,1H3,(H,18,19,20). The number of hydrogen-bond acceptors (Lipinski definition) is 5. The third-order valence-corrected chi connectivity index (χ3v) is 5.60. The van der Waals surface area contributed by atoms with Gasteiger partial charge in [0.15, 0.2) is 5.82 Å². The lowest BCUT2D eigenvalue weighted by Crippen LogP contribution is -2.22. The van der Waals surface area contributed by atoms with Gasteiger partial charge in [-0.05, 0) is 38.2 Å². The minimum Gasteiger partial charge on any atom is -0.291 e. The van der Waals surface area contributed by atoms with E-state index in [0.717, 1.165) is 35.3 Å². The molecule has 0 spiro atoms. The molecule has 0 radical (unpaired) electrons. The number of aryl methyl sites for hydroxylation is 3. The Balaban J connectivity index is 1.80. The molecule has 1 N–H and O–H groups in total.